The molecule has 2 aromatic rings. The van der Waals surface area contributed by atoms with Crippen LogP contribution in [0.15, 0.2) is 36.7 Å². The van der Waals surface area contributed by atoms with E-state index in [1.54, 1.807) is 12.4 Å². The molecule has 9 heteroatoms. The van der Waals surface area contributed by atoms with Gasteiger partial charge in [0, 0.05) is 83.7 Å². The van der Waals surface area contributed by atoms with Crippen molar-refractivity contribution in [1.82, 2.24) is 25.1 Å². The monoisotopic (exact) mass is 573 g/mol. The summed E-state index contributed by atoms with van der Waals surface area (Å²) in [6.45, 7) is 12.1. The molecule has 8 nitrogen and oxygen atoms in total. The fraction of sp³-hybridized carbons (Fsp3) is 0.645. The number of pyridine rings is 2. The number of hydrogen-bond acceptors (Lipinski definition) is 7. The number of alkyl halides is 1. The number of rotatable bonds is 20. The van der Waals surface area contributed by atoms with Gasteiger partial charge in [-0.2, -0.15) is 0 Å². The van der Waals surface area contributed by atoms with Gasteiger partial charge in [0.15, 0.2) is 0 Å². The van der Waals surface area contributed by atoms with Crippen molar-refractivity contribution in [2.45, 2.75) is 51.9 Å². The minimum Gasteiger partial charge on any atom is -0.380 e. The van der Waals surface area contributed by atoms with Crippen LogP contribution < -0.4 is 5.32 Å². The van der Waals surface area contributed by atoms with Gasteiger partial charge in [-0.3, -0.25) is 19.7 Å². The smallest absolute Gasteiger partial charge is 0.220 e. The summed E-state index contributed by atoms with van der Waals surface area (Å²) in [4.78, 5) is 26.1. The molecule has 0 spiro atoms. The van der Waals surface area contributed by atoms with Gasteiger partial charge in [-0.05, 0) is 68.0 Å². The van der Waals surface area contributed by atoms with Crippen molar-refractivity contribution in [1.29, 1.82) is 0 Å². The Bertz CT molecular complexity index is 971. The maximum Gasteiger partial charge on any atom is 0.220 e. The van der Waals surface area contributed by atoms with E-state index in [1.807, 2.05) is 31.2 Å². The Balaban J connectivity index is 1.14. The second-order valence-electron chi connectivity index (χ2n) is 10.5. The first-order valence-electron chi connectivity index (χ1n) is 14.9. The van der Waals surface area contributed by atoms with Crippen LogP contribution in [-0.4, -0.2) is 104 Å². The predicted octanol–water partition coefficient (Wildman–Crippen LogP) is 4.34. The number of carbonyl (C=O) groups excluding carboxylic acids is 1. The van der Waals surface area contributed by atoms with Gasteiger partial charge in [0.1, 0.15) is 0 Å². The van der Waals surface area contributed by atoms with Crippen molar-refractivity contribution in [2.24, 2.45) is 0 Å². The van der Waals surface area contributed by atoms with Crippen LogP contribution in [0.5, 0.6) is 0 Å². The summed E-state index contributed by atoms with van der Waals surface area (Å²) in [6.07, 6.45) is 10.4. The van der Waals surface area contributed by atoms with E-state index in [1.165, 1.54) is 12.8 Å². The number of carbonyl (C=O) groups is 1. The van der Waals surface area contributed by atoms with E-state index in [9.17, 15) is 4.79 Å². The number of nitrogens with zero attached hydrogens (tertiary/aromatic N) is 4. The van der Waals surface area contributed by atoms with E-state index >= 15 is 0 Å². The van der Waals surface area contributed by atoms with Gasteiger partial charge in [0.25, 0.3) is 0 Å². The van der Waals surface area contributed by atoms with Crippen LogP contribution >= 0.6 is 11.6 Å². The first kappa shape index (κ1) is 32.4. The van der Waals surface area contributed by atoms with Crippen molar-refractivity contribution < 1.29 is 14.3 Å². The zero-order valence-electron chi connectivity index (χ0n) is 24.3. The molecule has 0 saturated carbocycles. The molecule has 0 atom stereocenters. The third kappa shape index (κ3) is 13.5. The summed E-state index contributed by atoms with van der Waals surface area (Å²) >= 11 is 5.70. The zero-order chi connectivity index (χ0) is 28.3. The molecule has 0 radical (unpaired) electrons. The molecule has 1 saturated heterocycles. The van der Waals surface area contributed by atoms with Gasteiger partial charge >= 0.3 is 0 Å². The Morgan fingerprint density at radius 3 is 2.30 bits per heavy atom. The standard InChI is InChI=1S/C31H48ClN5O3/c1-27-9-12-33-29(25-27)30-26-28(10-13-34-30)7-8-31(38)35-14-23-39-22-6-15-36-16-18-37(19-17-36)20-24-40-21-5-3-2-4-11-32/h9-10,12-13,25-26H,2-8,11,14-24H2,1H3,(H,35,38). The van der Waals surface area contributed by atoms with Gasteiger partial charge in [-0.25, -0.2) is 0 Å². The Kier molecular flexibility index (Phi) is 16.1. The van der Waals surface area contributed by atoms with Gasteiger partial charge < -0.3 is 19.7 Å². The molecule has 2 aromatic heterocycles. The molecule has 3 rings (SSSR count). The molecule has 0 aromatic carbocycles. The highest BCUT2D eigenvalue weighted by Crippen LogP contribution is 2.17. The maximum atomic E-state index is 12.3. The first-order valence-corrected chi connectivity index (χ1v) is 15.5. The summed E-state index contributed by atoms with van der Waals surface area (Å²) in [7, 11) is 0. The van der Waals surface area contributed by atoms with Gasteiger partial charge in [0.2, 0.25) is 5.91 Å². The molecule has 1 amide bonds. The van der Waals surface area contributed by atoms with E-state index in [0.29, 0.717) is 26.0 Å². The molecule has 40 heavy (non-hydrogen) atoms. The third-order valence-electron chi connectivity index (χ3n) is 7.16. The molecule has 1 aliphatic rings. The molecule has 0 bridgehead atoms. The van der Waals surface area contributed by atoms with Gasteiger partial charge in [0.05, 0.1) is 24.6 Å². The first-order chi connectivity index (χ1) is 19.6. The van der Waals surface area contributed by atoms with E-state index < -0.39 is 0 Å². The lowest BCUT2D eigenvalue weighted by molar-refractivity contribution is -0.121. The maximum absolute atomic E-state index is 12.3. The fourth-order valence-electron chi connectivity index (χ4n) is 4.73. The minimum atomic E-state index is 0.0428. The van der Waals surface area contributed by atoms with Crippen LogP contribution in [0.2, 0.25) is 0 Å². The Hall–Kier alpha value is -2.10. The topological polar surface area (TPSA) is 79.8 Å². The summed E-state index contributed by atoms with van der Waals surface area (Å²) < 4.78 is 11.5. The second kappa shape index (κ2) is 19.9. The molecule has 0 aliphatic carbocycles. The zero-order valence-corrected chi connectivity index (χ0v) is 25.0. The molecule has 1 fully saturated rings. The van der Waals surface area contributed by atoms with E-state index in [-0.39, 0.29) is 5.91 Å². The number of aromatic nitrogens is 2. The van der Waals surface area contributed by atoms with Gasteiger partial charge in [-0.1, -0.05) is 12.8 Å². The quantitative estimate of drug-likeness (QED) is 0.186. The molecule has 1 aliphatic heterocycles. The highest BCUT2D eigenvalue weighted by Gasteiger charge is 2.16. The van der Waals surface area contributed by atoms with Crippen molar-refractivity contribution in [3.63, 3.8) is 0 Å². The van der Waals surface area contributed by atoms with Crippen LogP contribution in [0.1, 0.15) is 49.7 Å². The number of unbranched alkanes of at least 4 members (excludes halogenated alkanes) is 3. The number of amides is 1. The molecule has 1 N–H and O–H groups in total. The van der Waals surface area contributed by atoms with Crippen molar-refractivity contribution >= 4 is 17.5 Å². The predicted molar refractivity (Wildman–Crippen MR) is 162 cm³/mol. The number of hydrogen-bond donors (Lipinski definition) is 1. The summed E-state index contributed by atoms with van der Waals surface area (Å²) in [5.74, 6) is 0.810. The average molecular weight is 574 g/mol. The van der Waals surface area contributed by atoms with Crippen LogP contribution in [-0.2, 0) is 20.7 Å². The highest BCUT2D eigenvalue weighted by atomic mass is 35.5. The van der Waals surface area contributed by atoms with E-state index in [0.717, 1.165) is 107 Å². The number of nitrogens with one attached hydrogen (secondary N) is 1. The lowest BCUT2D eigenvalue weighted by Gasteiger charge is -2.34. The number of halogens is 1. The summed E-state index contributed by atoms with van der Waals surface area (Å²) in [6, 6.07) is 7.96. The second-order valence-corrected chi connectivity index (χ2v) is 10.9. The van der Waals surface area contributed by atoms with Gasteiger partial charge in [-0.15, -0.1) is 11.6 Å². The van der Waals surface area contributed by atoms with Crippen LogP contribution in [0, 0.1) is 6.92 Å². The normalized spacial score (nSPS) is 14.4. The summed E-state index contributed by atoms with van der Waals surface area (Å²) in [5, 5.41) is 2.96. The van der Waals surface area contributed by atoms with Crippen molar-refractivity contribution in [3.05, 3.63) is 47.8 Å². The highest BCUT2D eigenvalue weighted by molar-refractivity contribution is 6.17. The Morgan fingerprint density at radius 1 is 0.850 bits per heavy atom. The van der Waals surface area contributed by atoms with Crippen molar-refractivity contribution in [3.8, 4) is 11.4 Å². The number of ether oxygens (including phenoxy) is 2. The van der Waals surface area contributed by atoms with Crippen LogP contribution in [0.3, 0.4) is 0 Å². The molecular weight excluding hydrogens is 526 g/mol. The minimum absolute atomic E-state index is 0.0428. The third-order valence-corrected chi connectivity index (χ3v) is 7.43. The molecule has 0 unspecified atom stereocenters. The molecule has 222 valence electrons. The molecular formula is C31H48ClN5O3. The van der Waals surface area contributed by atoms with Crippen LogP contribution in [0.25, 0.3) is 11.4 Å². The number of piperazine rings is 1. The average Bonchev–Trinajstić information content (AvgIpc) is 2.98. The Morgan fingerprint density at radius 2 is 1.52 bits per heavy atom. The number of aryl methyl sites for hydroxylation is 2. The SMILES string of the molecule is Cc1ccnc(-c2cc(CCC(=O)NCCOCCCN3CCN(CCOCCCCCCCl)CC3)ccn2)c1. The largest absolute Gasteiger partial charge is 0.380 e. The molecule has 3 heterocycles. The van der Waals surface area contributed by atoms with Crippen LogP contribution in [0.4, 0.5) is 0 Å². The van der Waals surface area contributed by atoms with E-state index in [4.69, 9.17) is 21.1 Å². The lowest BCUT2D eigenvalue weighted by Crippen LogP contribution is -2.47. The van der Waals surface area contributed by atoms with Crippen molar-refractivity contribution in [2.75, 3.05) is 78.1 Å². The van der Waals surface area contributed by atoms with E-state index in [2.05, 4.69) is 25.1 Å². The summed E-state index contributed by atoms with van der Waals surface area (Å²) in [5.41, 5.74) is 3.92. The Labute approximate surface area is 245 Å². The lowest BCUT2D eigenvalue weighted by atomic mass is 10.1. The fourth-order valence-corrected chi connectivity index (χ4v) is 4.92.